The number of benzene rings is 1. The predicted octanol–water partition coefficient (Wildman–Crippen LogP) is 4.52. The minimum absolute atomic E-state index is 0.0427. The summed E-state index contributed by atoms with van der Waals surface area (Å²) < 4.78 is 39.2. The molecule has 0 aliphatic heterocycles. The smallest absolute Gasteiger partial charge is 0.353 e. The van der Waals surface area contributed by atoms with E-state index in [1.54, 1.807) is 18.2 Å². The molecule has 2 rings (SSSR count). The summed E-state index contributed by atoms with van der Waals surface area (Å²) in [6.07, 6.45) is -4.60. The van der Waals surface area contributed by atoms with Crippen LogP contribution in [0.3, 0.4) is 0 Å². The van der Waals surface area contributed by atoms with Crippen molar-refractivity contribution in [2.45, 2.75) is 6.18 Å². The first kappa shape index (κ1) is 19.6. The number of nitrogens with one attached hydrogen (secondary N) is 2. The molecule has 0 saturated heterocycles. The monoisotopic (exact) mass is 393 g/mol. The molecule has 0 spiro atoms. The van der Waals surface area contributed by atoms with Gasteiger partial charge >= 0.3 is 6.18 Å². The van der Waals surface area contributed by atoms with Crippen LogP contribution in [-0.2, 0) is 6.18 Å². The van der Waals surface area contributed by atoms with Crippen molar-refractivity contribution >= 4 is 40.7 Å². The van der Waals surface area contributed by atoms with Crippen LogP contribution >= 0.6 is 23.2 Å². The molecule has 136 valence electrons. The predicted molar refractivity (Wildman–Crippen MR) is 93.8 cm³/mol. The van der Waals surface area contributed by atoms with Gasteiger partial charge < -0.3 is 15.5 Å². The van der Waals surface area contributed by atoms with Gasteiger partial charge in [0.2, 0.25) is 5.95 Å². The van der Waals surface area contributed by atoms with E-state index in [4.69, 9.17) is 23.2 Å². The summed E-state index contributed by atoms with van der Waals surface area (Å²) in [5.74, 6) is -0.170. The first-order valence-corrected chi connectivity index (χ1v) is 7.98. The Balaban J connectivity index is 2.31. The van der Waals surface area contributed by atoms with Crippen LogP contribution in [0.15, 0.2) is 24.3 Å². The number of rotatable bonds is 6. The van der Waals surface area contributed by atoms with Crippen LogP contribution in [-0.4, -0.2) is 42.1 Å². The molecule has 1 aromatic heterocycles. The number of hydrogen-bond donors (Lipinski definition) is 2. The Kier molecular flexibility index (Phi) is 6.31. The van der Waals surface area contributed by atoms with Crippen molar-refractivity contribution in [3.63, 3.8) is 0 Å². The molecule has 0 fully saturated rings. The van der Waals surface area contributed by atoms with E-state index in [1.165, 1.54) is 0 Å². The molecule has 0 aliphatic rings. The number of halogens is 5. The van der Waals surface area contributed by atoms with Crippen LogP contribution < -0.4 is 10.6 Å². The van der Waals surface area contributed by atoms with Crippen molar-refractivity contribution in [3.05, 3.63) is 40.0 Å². The summed E-state index contributed by atoms with van der Waals surface area (Å²) in [5, 5.41) is 6.00. The second-order valence-corrected chi connectivity index (χ2v) is 6.20. The quantitative estimate of drug-likeness (QED) is 0.755. The molecule has 0 unspecified atom stereocenters. The zero-order valence-corrected chi connectivity index (χ0v) is 15.0. The van der Waals surface area contributed by atoms with Gasteiger partial charge in [-0.25, -0.2) is 4.98 Å². The molecule has 0 bridgehead atoms. The second-order valence-electron chi connectivity index (χ2n) is 5.42. The average molecular weight is 394 g/mol. The normalized spacial score (nSPS) is 11.7. The van der Waals surface area contributed by atoms with Crippen molar-refractivity contribution in [2.24, 2.45) is 0 Å². The Hall–Kier alpha value is -1.77. The lowest BCUT2D eigenvalue weighted by Crippen LogP contribution is -2.22. The maximum absolute atomic E-state index is 13.1. The summed E-state index contributed by atoms with van der Waals surface area (Å²) in [7, 11) is 3.70. The highest BCUT2D eigenvalue weighted by Crippen LogP contribution is 2.33. The van der Waals surface area contributed by atoms with Crippen LogP contribution in [0.5, 0.6) is 0 Å². The summed E-state index contributed by atoms with van der Waals surface area (Å²) in [6.45, 7) is 1.01. The minimum atomic E-state index is -4.60. The highest BCUT2D eigenvalue weighted by Gasteiger charge is 2.33. The standard InChI is InChI=1S/C15H16Cl2F3N5/c1-25(2)7-6-21-14-23-11(15(18,19)20)8-12(24-14)22-10-5-3-4-9(16)13(10)17/h3-5,8H,6-7H2,1-2H3,(H2,21,22,23,24). The van der Waals surface area contributed by atoms with Crippen LogP contribution in [0.1, 0.15) is 5.69 Å². The lowest BCUT2D eigenvalue weighted by Gasteiger charge is -2.15. The molecule has 1 heterocycles. The molecule has 5 nitrogen and oxygen atoms in total. The molecule has 1 aromatic carbocycles. The minimum Gasteiger partial charge on any atom is -0.353 e. The van der Waals surface area contributed by atoms with Gasteiger partial charge in [0, 0.05) is 19.2 Å². The third-order valence-corrected chi connectivity index (χ3v) is 3.89. The fourth-order valence-electron chi connectivity index (χ4n) is 1.87. The zero-order valence-electron chi connectivity index (χ0n) is 13.5. The van der Waals surface area contributed by atoms with Crippen molar-refractivity contribution in [2.75, 3.05) is 37.8 Å². The number of likely N-dealkylation sites (N-methyl/N-ethyl adjacent to an activating group) is 1. The van der Waals surface area contributed by atoms with E-state index in [9.17, 15) is 13.2 Å². The topological polar surface area (TPSA) is 53.1 Å². The summed E-state index contributed by atoms with van der Waals surface area (Å²) >= 11 is 12.0. The summed E-state index contributed by atoms with van der Waals surface area (Å²) in [6, 6.07) is 5.60. The number of hydrogen-bond acceptors (Lipinski definition) is 5. The number of anilines is 3. The van der Waals surface area contributed by atoms with Gasteiger partial charge in [-0.15, -0.1) is 0 Å². The molecule has 10 heteroatoms. The van der Waals surface area contributed by atoms with Crippen molar-refractivity contribution in [1.29, 1.82) is 0 Å². The fraction of sp³-hybridized carbons (Fsp3) is 0.333. The van der Waals surface area contributed by atoms with Gasteiger partial charge in [0.1, 0.15) is 5.82 Å². The second kappa shape index (κ2) is 8.07. The third-order valence-electron chi connectivity index (χ3n) is 3.07. The Labute approximate surface area is 153 Å². The molecule has 25 heavy (non-hydrogen) atoms. The molecular weight excluding hydrogens is 378 g/mol. The largest absolute Gasteiger partial charge is 0.433 e. The average Bonchev–Trinajstić information content (AvgIpc) is 2.50. The van der Waals surface area contributed by atoms with Crippen LogP contribution in [0.25, 0.3) is 0 Å². The van der Waals surface area contributed by atoms with Gasteiger partial charge in [-0.05, 0) is 26.2 Å². The Bertz CT molecular complexity index is 738. The molecule has 0 saturated carbocycles. The maximum atomic E-state index is 13.1. The highest BCUT2D eigenvalue weighted by molar-refractivity contribution is 6.43. The van der Waals surface area contributed by atoms with E-state index in [-0.39, 0.29) is 21.8 Å². The van der Waals surface area contributed by atoms with E-state index in [0.717, 1.165) is 6.07 Å². The van der Waals surface area contributed by atoms with Crippen molar-refractivity contribution in [1.82, 2.24) is 14.9 Å². The first-order valence-electron chi connectivity index (χ1n) is 7.22. The SMILES string of the molecule is CN(C)CCNc1nc(Nc2cccc(Cl)c2Cl)cc(C(F)(F)F)n1. The van der Waals surface area contributed by atoms with Gasteiger partial charge in [-0.1, -0.05) is 29.3 Å². The lowest BCUT2D eigenvalue weighted by atomic mass is 10.3. The van der Waals surface area contributed by atoms with Gasteiger partial charge in [0.25, 0.3) is 0 Å². The Morgan fingerprint density at radius 2 is 1.88 bits per heavy atom. The van der Waals surface area contributed by atoms with Crippen LogP contribution in [0.4, 0.5) is 30.6 Å². The molecular formula is C15H16Cl2F3N5. The van der Waals surface area contributed by atoms with E-state index < -0.39 is 11.9 Å². The van der Waals surface area contributed by atoms with Crippen molar-refractivity contribution < 1.29 is 13.2 Å². The molecule has 0 radical (unpaired) electrons. The molecule has 2 aromatic rings. The summed E-state index contributed by atoms with van der Waals surface area (Å²) in [4.78, 5) is 9.46. The van der Waals surface area contributed by atoms with Crippen molar-refractivity contribution in [3.8, 4) is 0 Å². The number of alkyl halides is 3. The number of aromatic nitrogens is 2. The van der Waals surface area contributed by atoms with E-state index >= 15 is 0 Å². The lowest BCUT2D eigenvalue weighted by molar-refractivity contribution is -0.141. The van der Waals surface area contributed by atoms with Gasteiger partial charge in [-0.2, -0.15) is 18.2 Å². The molecule has 0 atom stereocenters. The zero-order chi connectivity index (χ0) is 18.6. The van der Waals surface area contributed by atoms with Crippen LogP contribution in [0, 0.1) is 0 Å². The fourth-order valence-corrected chi connectivity index (χ4v) is 2.21. The summed E-state index contributed by atoms with van der Waals surface area (Å²) in [5.41, 5.74) is -0.712. The molecule has 2 N–H and O–H groups in total. The molecule has 0 aliphatic carbocycles. The Morgan fingerprint density at radius 3 is 2.52 bits per heavy atom. The first-order chi connectivity index (χ1) is 11.7. The van der Waals surface area contributed by atoms with Crippen LogP contribution in [0.2, 0.25) is 10.0 Å². The van der Waals surface area contributed by atoms with Gasteiger partial charge in [0.05, 0.1) is 15.7 Å². The van der Waals surface area contributed by atoms with E-state index in [0.29, 0.717) is 18.8 Å². The van der Waals surface area contributed by atoms with Gasteiger partial charge in [-0.3, -0.25) is 0 Å². The van der Waals surface area contributed by atoms with E-state index in [2.05, 4.69) is 20.6 Å². The van der Waals surface area contributed by atoms with E-state index in [1.807, 2.05) is 19.0 Å². The maximum Gasteiger partial charge on any atom is 0.433 e. The molecule has 0 amide bonds. The number of nitrogens with zero attached hydrogens (tertiary/aromatic N) is 3. The van der Waals surface area contributed by atoms with Gasteiger partial charge in [0.15, 0.2) is 5.69 Å². The Morgan fingerprint density at radius 1 is 1.16 bits per heavy atom. The highest BCUT2D eigenvalue weighted by atomic mass is 35.5. The third kappa shape index (κ3) is 5.62.